The van der Waals surface area contributed by atoms with Gasteiger partial charge in [-0.1, -0.05) is 23.7 Å². The quantitative estimate of drug-likeness (QED) is 0.856. The molecule has 0 bridgehead atoms. The maximum Gasteiger partial charge on any atom is 0.343 e. The summed E-state index contributed by atoms with van der Waals surface area (Å²) in [7, 11) is 2.81. The number of halogens is 1. The van der Waals surface area contributed by atoms with E-state index in [4.69, 9.17) is 25.8 Å². The predicted octanol–water partition coefficient (Wildman–Crippen LogP) is 1.51. The zero-order chi connectivity index (χ0) is 15.9. The summed E-state index contributed by atoms with van der Waals surface area (Å²) in [6.07, 6.45) is 0. The molecular formula is C14H11ClN2O5. The summed E-state index contributed by atoms with van der Waals surface area (Å²) in [5.41, 5.74) is 0.248. The van der Waals surface area contributed by atoms with E-state index in [9.17, 15) is 9.90 Å². The third kappa shape index (κ3) is 2.06. The molecule has 8 heteroatoms. The number of ether oxygens (including phenoxy) is 3. The Kier molecular flexibility index (Phi) is 3.38. The van der Waals surface area contributed by atoms with Gasteiger partial charge in [-0.25, -0.2) is 4.79 Å². The Morgan fingerprint density at radius 2 is 1.86 bits per heavy atom. The fraction of sp³-hybridized carbons (Fsp3) is 0.214. The first kappa shape index (κ1) is 14.6. The lowest BCUT2D eigenvalue weighted by Crippen LogP contribution is -2.30. The number of rotatable bonds is 3. The standard InChI is InChI=1S/C14H11ClN2O5/c1-20-9-6-10(21-2)17-13(16-9)14(19)7-4-3-5-8(15)11(7)12(18)22-14/h3-6,19H,1-2H3. The van der Waals surface area contributed by atoms with E-state index >= 15 is 0 Å². The number of benzene rings is 1. The molecule has 22 heavy (non-hydrogen) atoms. The van der Waals surface area contributed by atoms with Gasteiger partial charge in [0.05, 0.1) is 30.9 Å². The van der Waals surface area contributed by atoms with Gasteiger partial charge >= 0.3 is 11.8 Å². The Morgan fingerprint density at radius 3 is 2.45 bits per heavy atom. The summed E-state index contributed by atoms with van der Waals surface area (Å²) < 4.78 is 15.1. The van der Waals surface area contributed by atoms with E-state index in [1.165, 1.54) is 32.4 Å². The molecule has 0 radical (unpaired) electrons. The number of esters is 1. The van der Waals surface area contributed by atoms with Crippen molar-refractivity contribution in [2.24, 2.45) is 0 Å². The summed E-state index contributed by atoms with van der Waals surface area (Å²) >= 11 is 5.99. The maximum absolute atomic E-state index is 12.0. The van der Waals surface area contributed by atoms with Crippen molar-refractivity contribution in [3.8, 4) is 11.8 Å². The van der Waals surface area contributed by atoms with Crippen LogP contribution in [0.15, 0.2) is 24.3 Å². The maximum atomic E-state index is 12.0. The lowest BCUT2D eigenvalue weighted by atomic mass is 10.0. The first-order valence-corrected chi connectivity index (χ1v) is 6.59. The van der Waals surface area contributed by atoms with Crippen molar-refractivity contribution in [2.45, 2.75) is 5.79 Å². The van der Waals surface area contributed by atoms with Crippen LogP contribution >= 0.6 is 11.6 Å². The molecule has 114 valence electrons. The van der Waals surface area contributed by atoms with Crippen molar-refractivity contribution in [3.05, 3.63) is 46.2 Å². The van der Waals surface area contributed by atoms with Gasteiger partial charge in [-0.05, 0) is 6.07 Å². The number of aromatic nitrogens is 2. The summed E-state index contributed by atoms with van der Waals surface area (Å²) in [6, 6.07) is 6.07. The van der Waals surface area contributed by atoms with Crippen molar-refractivity contribution in [1.29, 1.82) is 0 Å². The summed E-state index contributed by atoms with van der Waals surface area (Å²) in [4.78, 5) is 20.1. The van der Waals surface area contributed by atoms with E-state index in [0.717, 1.165) is 0 Å². The minimum atomic E-state index is -2.15. The van der Waals surface area contributed by atoms with Gasteiger partial charge in [-0.3, -0.25) is 0 Å². The molecular weight excluding hydrogens is 312 g/mol. The van der Waals surface area contributed by atoms with Crippen molar-refractivity contribution >= 4 is 17.6 Å². The summed E-state index contributed by atoms with van der Waals surface area (Å²) in [6.45, 7) is 0. The highest BCUT2D eigenvalue weighted by Crippen LogP contribution is 2.41. The van der Waals surface area contributed by atoms with Crippen LogP contribution in [0.5, 0.6) is 11.8 Å². The Bertz CT molecular complexity index is 745. The van der Waals surface area contributed by atoms with E-state index in [-0.39, 0.29) is 33.7 Å². The van der Waals surface area contributed by atoms with Gasteiger partial charge in [0.25, 0.3) is 0 Å². The van der Waals surface area contributed by atoms with E-state index in [2.05, 4.69) is 9.97 Å². The first-order chi connectivity index (χ1) is 10.5. The van der Waals surface area contributed by atoms with Crippen LogP contribution in [-0.4, -0.2) is 35.3 Å². The topological polar surface area (TPSA) is 90.8 Å². The first-order valence-electron chi connectivity index (χ1n) is 6.22. The largest absolute Gasteiger partial charge is 0.481 e. The fourth-order valence-electron chi connectivity index (χ4n) is 2.18. The van der Waals surface area contributed by atoms with Crippen molar-refractivity contribution < 1.29 is 24.1 Å². The van der Waals surface area contributed by atoms with Crippen LogP contribution in [0.2, 0.25) is 5.02 Å². The molecule has 1 aromatic heterocycles. The number of hydrogen-bond acceptors (Lipinski definition) is 7. The second-order valence-electron chi connectivity index (χ2n) is 4.47. The SMILES string of the molecule is COc1cc(OC)nc(C2(O)OC(=O)c3c(Cl)cccc32)n1. The lowest BCUT2D eigenvalue weighted by Gasteiger charge is -2.21. The molecule has 1 aromatic carbocycles. The molecule has 1 N–H and O–H groups in total. The number of methoxy groups -OCH3 is 2. The number of carbonyl (C=O) groups excluding carboxylic acids is 1. The lowest BCUT2D eigenvalue weighted by molar-refractivity contribution is -0.135. The fourth-order valence-corrected chi connectivity index (χ4v) is 2.44. The zero-order valence-corrected chi connectivity index (χ0v) is 12.4. The summed E-state index contributed by atoms with van der Waals surface area (Å²) in [5.74, 6) is -2.78. The molecule has 0 aliphatic carbocycles. The third-order valence-electron chi connectivity index (χ3n) is 3.22. The second-order valence-corrected chi connectivity index (χ2v) is 4.88. The number of hydrogen-bond donors (Lipinski definition) is 1. The molecule has 1 aliphatic heterocycles. The monoisotopic (exact) mass is 322 g/mol. The van der Waals surface area contributed by atoms with Crippen LogP contribution in [0.3, 0.4) is 0 Å². The van der Waals surface area contributed by atoms with Crippen LogP contribution in [-0.2, 0) is 10.5 Å². The second kappa shape index (κ2) is 5.11. The summed E-state index contributed by atoms with van der Waals surface area (Å²) in [5, 5.41) is 11.0. The molecule has 0 fully saturated rings. The molecule has 3 rings (SSSR count). The Labute approximate surface area is 130 Å². The van der Waals surface area contributed by atoms with Crippen LogP contribution < -0.4 is 9.47 Å². The van der Waals surface area contributed by atoms with Gasteiger partial charge in [-0.2, -0.15) is 9.97 Å². The minimum absolute atomic E-state index is 0.0806. The van der Waals surface area contributed by atoms with Gasteiger partial charge in [0.1, 0.15) is 0 Å². The molecule has 0 saturated carbocycles. The molecule has 1 unspecified atom stereocenters. The average Bonchev–Trinajstić information content (AvgIpc) is 2.80. The number of carbonyl (C=O) groups is 1. The molecule has 0 amide bonds. The highest BCUT2D eigenvalue weighted by atomic mass is 35.5. The molecule has 0 saturated heterocycles. The predicted molar refractivity (Wildman–Crippen MR) is 75.0 cm³/mol. The number of aliphatic hydroxyl groups is 1. The molecule has 0 spiro atoms. The van der Waals surface area contributed by atoms with E-state index < -0.39 is 11.8 Å². The van der Waals surface area contributed by atoms with Gasteiger partial charge in [-0.15, -0.1) is 0 Å². The van der Waals surface area contributed by atoms with Gasteiger partial charge in [0, 0.05) is 5.56 Å². The van der Waals surface area contributed by atoms with Crippen LogP contribution in [0, 0.1) is 0 Å². The Morgan fingerprint density at radius 1 is 1.23 bits per heavy atom. The average molecular weight is 323 g/mol. The third-order valence-corrected chi connectivity index (χ3v) is 3.54. The van der Waals surface area contributed by atoms with Crippen molar-refractivity contribution in [2.75, 3.05) is 14.2 Å². The molecule has 1 aliphatic rings. The molecule has 1 atom stereocenters. The minimum Gasteiger partial charge on any atom is -0.481 e. The molecule has 2 aromatic rings. The van der Waals surface area contributed by atoms with E-state index in [1.54, 1.807) is 6.07 Å². The normalized spacial score (nSPS) is 19.5. The molecule has 2 heterocycles. The zero-order valence-electron chi connectivity index (χ0n) is 11.7. The smallest absolute Gasteiger partial charge is 0.343 e. The van der Waals surface area contributed by atoms with E-state index in [1.807, 2.05) is 0 Å². The van der Waals surface area contributed by atoms with Gasteiger partial charge in [0.2, 0.25) is 17.6 Å². The van der Waals surface area contributed by atoms with Crippen molar-refractivity contribution in [3.63, 3.8) is 0 Å². The Balaban J connectivity index is 2.21. The number of cyclic esters (lactones) is 1. The van der Waals surface area contributed by atoms with Crippen LogP contribution in [0.4, 0.5) is 0 Å². The van der Waals surface area contributed by atoms with Crippen LogP contribution in [0.25, 0.3) is 0 Å². The number of nitrogens with zero attached hydrogens (tertiary/aromatic N) is 2. The molecule has 7 nitrogen and oxygen atoms in total. The Hall–Kier alpha value is -2.38. The highest BCUT2D eigenvalue weighted by Gasteiger charge is 2.49. The van der Waals surface area contributed by atoms with Crippen LogP contribution in [0.1, 0.15) is 21.7 Å². The van der Waals surface area contributed by atoms with Gasteiger partial charge in [0.15, 0.2) is 0 Å². The van der Waals surface area contributed by atoms with E-state index in [0.29, 0.717) is 0 Å². The number of fused-ring (bicyclic) bond motifs is 1. The van der Waals surface area contributed by atoms with Crippen molar-refractivity contribution in [1.82, 2.24) is 9.97 Å². The highest BCUT2D eigenvalue weighted by molar-refractivity contribution is 6.34. The van der Waals surface area contributed by atoms with Gasteiger partial charge < -0.3 is 19.3 Å².